The summed E-state index contributed by atoms with van der Waals surface area (Å²) >= 11 is 1.28. The number of carbonyl (C=O) groups is 4. The second-order valence-corrected chi connectivity index (χ2v) is 13.8. The number of aliphatic hydroxyl groups is 1. The number of rotatable bonds is 9. The van der Waals surface area contributed by atoms with E-state index in [1.807, 2.05) is 14.1 Å². The number of ether oxygens (including phenoxy) is 1. The Morgan fingerprint density at radius 3 is 2.59 bits per heavy atom. The third-order valence-corrected chi connectivity index (χ3v) is 10.6. The zero-order valence-electron chi connectivity index (χ0n) is 25.1. The Kier molecular flexibility index (Phi) is 8.77. The van der Waals surface area contributed by atoms with Crippen molar-refractivity contribution in [3.05, 3.63) is 50.0 Å². The minimum Gasteiger partial charge on any atom is -0.543 e. The highest BCUT2D eigenvalue weighted by atomic mass is 32.2. The lowest BCUT2D eigenvalue weighted by Gasteiger charge is -2.36. The van der Waals surface area contributed by atoms with Crippen molar-refractivity contribution < 1.29 is 43.5 Å². The third kappa shape index (κ3) is 5.80. The van der Waals surface area contributed by atoms with Crippen LogP contribution in [0.4, 0.5) is 10.5 Å². The summed E-state index contributed by atoms with van der Waals surface area (Å²) in [4.78, 5) is 68.2. The minimum absolute atomic E-state index is 0.125. The number of non-ortho nitro benzene ring substituents is 1. The summed E-state index contributed by atoms with van der Waals surface area (Å²) < 4.78 is 5.36. The highest BCUT2D eigenvalue weighted by molar-refractivity contribution is 8.03. The Morgan fingerprint density at radius 2 is 2.00 bits per heavy atom. The second kappa shape index (κ2) is 12.1. The van der Waals surface area contributed by atoms with E-state index in [1.165, 1.54) is 41.8 Å². The summed E-state index contributed by atoms with van der Waals surface area (Å²) in [5.74, 6) is -1.87. The fourth-order valence-corrected chi connectivity index (χ4v) is 8.38. The third-order valence-electron chi connectivity index (χ3n) is 9.28. The molecule has 44 heavy (non-hydrogen) atoms. The molecule has 14 nitrogen and oxygen atoms in total. The van der Waals surface area contributed by atoms with Gasteiger partial charge < -0.3 is 34.4 Å². The van der Waals surface area contributed by atoms with Gasteiger partial charge in [0, 0.05) is 55.4 Å². The van der Waals surface area contributed by atoms with Gasteiger partial charge in [-0.2, -0.15) is 4.79 Å². The van der Waals surface area contributed by atoms with E-state index in [9.17, 15) is 39.5 Å². The number of carboxylic acids is 1. The molecule has 1 aromatic carbocycles. The van der Waals surface area contributed by atoms with Crippen molar-refractivity contribution >= 4 is 41.3 Å². The normalized spacial score (nSPS) is 28.7. The molecule has 6 atom stereocenters. The van der Waals surface area contributed by atoms with E-state index >= 15 is 0 Å². The fraction of sp³-hybridized carbons (Fsp3) is 0.586. The van der Waals surface area contributed by atoms with E-state index in [-0.39, 0.29) is 76.6 Å². The number of β-lactam (4-membered cyclic amide) rings is 1. The summed E-state index contributed by atoms with van der Waals surface area (Å²) in [6.07, 6.45) is 0.0210. The standard InChI is InChI=1S/C29H37N5O9S/c1-16(35)22-9-18(33(41)42)6-5-17(22)15-43-29(40)34(4)14-21(12-23(34)27(37)31-8-7-19(13-31)30(2)3)44-24-10-20-11-25(36)32(20)26(24)28(38)39/h5-6,9,16,19-21,23,35H,7-8,10-15H2,1-4H3/t16-,19-,20-,21+,23+,34-/m1/s1. The molecule has 1 aromatic rings. The van der Waals surface area contributed by atoms with Crippen LogP contribution in [0.1, 0.15) is 49.8 Å². The second-order valence-electron chi connectivity index (χ2n) is 12.4. The summed E-state index contributed by atoms with van der Waals surface area (Å²) in [6, 6.07) is 3.14. The Hall–Kier alpha value is -3.53. The van der Waals surface area contributed by atoms with Gasteiger partial charge in [0.05, 0.1) is 41.0 Å². The van der Waals surface area contributed by atoms with Gasteiger partial charge >= 0.3 is 6.09 Å². The number of carboxylic acid groups (broad SMARTS) is 1. The molecular formula is C29H37N5O9S. The van der Waals surface area contributed by atoms with Gasteiger partial charge in [-0.05, 0) is 44.6 Å². The zero-order chi connectivity index (χ0) is 32.1. The number of nitrogens with zero attached hydrogens (tertiary/aromatic N) is 5. The molecule has 0 saturated carbocycles. The largest absolute Gasteiger partial charge is 0.543 e. The molecule has 3 amide bonds. The number of amides is 3. The van der Waals surface area contributed by atoms with Gasteiger partial charge in [-0.1, -0.05) is 0 Å². The van der Waals surface area contributed by atoms with Crippen molar-refractivity contribution in [2.24, 2.45) is 0 Å². The van der Waals surface area contributed by atoms with Crippen molar-refractivity contribution in [3.8, 4) is 0 Å². The molecule has 1 N–H and O–H groups in total. The fourth-order valence-electron chi connectivity index (χ4n) is 6.73. The minimum atomic E-state index is -1.42. The number of fused-ring (bicyclic) bond motifs is 1. The van der Waals surface area contributed by atoms with Gasteiger partial charge in [0.15, 0.2) is 6.04 Å². The van der Waals surface area contributed by atoms with Crippen LogP contribution in [0.5, 0.6) is 0 Å². The smallest absolute Gasteiger partial charge is 0.516 e. The van der Waals surface area contributed by atoms with Crippen LogP contribution in [0.25, 0.3) is 0 Å². The molecule has 0 aliphatic carbocycles. The van der Waals surface area contributed by atoms with Gasteiger partial charge in [-0.25, -0.2) is 4.48 Å². The van der Waals surface area contributed by atoms with Crippen LogP contribution >= 0.6 is 11.8 Å². The maximum absolute atomic E-state index is 14.0. The predicted molar refractivity (Wildman–Crippen MR) is 155 cm³/mol. The SMILES string of the molecule is C[C@@H](O)c1cc([N+](=O)[O-])ccc1COC(=O)[N@+]1(C)C[C@@H](SC2=C(C(=O)[O-])N3C(=O)C[C@H]3C2)C[C@H]1C(=O)N1CC[C@@H](N(C)C)C1. The van der Waals surface area contributed by atoms with E-state index in [2.05, 4.69) is 4.90 Å². The number of likely N-dealkylation sites (N-methyl/N-ethyl adjacent to an activating group) is 2. The Balaban J connectivity index is 1.39. The first-order chi connectivity index (χ1) is 20.7. The topological polar surface area (TPSA) is 174 Å². The predicted octanol–water partition coefficient (Wildman–Crippen LogP) is 0.734. The van der Waals surface area contributed by atoms with Crippen LogP contribution in [-0.2, 0) is 25.7 Å². The summed E-state index contributed by atoms with van der Waals surface area (Å²) in [7, 11) is 5.54. The average Bonchev–Trinajstić information content (AvgIpc) is 3.66. The molecule has 4 aliphatic rings. The molecule has 0 radical (unpaired) electrons. The molecule has 0 aromatic heterocycles. The van der Waals surface area contributed by atoms with Crippen molar-refractivity contribution in [3.63, 3.8) is 0 Å². The van der Waals surface area contributed by atoms with Crippen molar-refractivity contribution in [1.82, 2.24) is 14.7 Å². The molecule has 0 unspecified atom stereocenters. The number of benzene rings is 1. The summed E-state index contributed by atoms with van der Waals surface area (Å²) in [5.41, 5.74) is 0.326. The number of likely N-dealkylation sites (tertiary alicyclic amines) is 2. The van der Waals surface area contributed by atoms with E-state index in [4.69, 9.17) is 4.74 Å². The molecule has 5 rings (SSSR count). The monoisotopic (exact) mass is 631 g/mol. The van der Waals surface area contributed by atoms with Crippen LogP contribution in [0, 0.1) is 10.1 Å². The lowest BCUT2D eigenvalue weighted by molar-refractivity contribution is -0.841. The number of carbonyl (C=O) groups excluding carboxylic acids is 4. The quantitative estimate of drug-likeness (QED) is 0.176. The number of nitro benzene ring substituents is 1. The van der Waals surface area contributed by atoms with Crippen LogP contribution in [0.3, 0.4) is 0 Å². The number of hydrogen-bond acceptors (Lipinski definition) is 11. The molecule has 4 heterocycles. The Bertz CT molecular complexity index is 1430. The lowest BCUT2D eigenvalue weighted by Crippen LogP contribution is -2.59. The van der Waals surface area contributed by atoms with Gasteiger partial charge in [0.1, 0.15) is 13.2 Å². The Labute approximate surface area is 258 Å². The number of aliphatic carboxylic acids is 1. The molecule has 3 fully saturated rings. The van der Waals surface area contributed by atoms with Crippen molar-refractivity contribution in [2.75, 3.05) is 40.8 Å². The van der Waals surface area contributed by atoms with E-state index < -0.39 is 29.1 Å². The van der Waals surface area contributed by atoms with Gasteiger partial charge in [-0.3, -0.25) is 19.7 Å². The first kappa shape index (κ1) is 31.9. The summed E-state index contributed by atoms with van der Waals surface area (Å²) in [5, 5.41) is 33.1. The van der Waals surface area contributed by atoms with Gasteiger partial charge in [0.2, 0.25) is 5.91 Å². The Morgan fingerprint density at radius 1 is 1.27 bits per heavy atom. The van der Waals surface area contributed by atoms with Crippen LogP contribution < -0.4 is 5.11 Å². The number of quaternary nitrogens is 1. The van der Waals surface area contributed by atoms with E-state index in [1.54, 1.807) is 11.9 Å². The highest BCUT2D eigenvalue weighted by Gasteiger charge is 2.57. The van der Waals surface area contributed by atoms with E-state index in [0.29, 0.717) is 30.0 Å². The lowest BCUT2D eigenvalue weighted by atomic mass is 10.0. The maximum Gasteiger partial charge on any atom is 0.516 e. The van der Waals surface area contributed by atoms with Crippen LogP contribution in [-0.4, -0.2) is 117 Å². The average molecular weight is 632 g/mol. The van der Waals surface area contributed by atoms with Crippen LogP contribution in [0.15, 0.2) is 28.8 Å². The van der Waals surface area contributed by atoms with E-state index in [0.717, 1.165) is 6.42 Å². The molecule has 0 bridgehead atoms. The van der Waals surface area contributed by atoms with Crippen LogP contribution in [0.2, 0.25) is 0 Å². The van der Waals surface area contributed by atoms with Gasteiger partial charge in [0.25, 0.3) is 11.6 Å². The number of aliphatic hydroxyl groups excluding tert-OH is 1. The van der Waals surface area contributed by atoms with Crippen molar-refractivity contribution in [2.45, 2.75) is 68.7 Å². The zero-order valence-corrected chi connectivity index (χ0v) is 25.9. The molecule has 3 saturated heterocycles. The molecule has 238 valence electrons. The van der Waals surface area contributed by atoms with Gasteiger partial charge in [-0.15, -0.1) is 11.8 Å². The highest BCUT2D eigenvalue weighted by Crippen LogP contribution is 2.47. The first-order valence-corrected chi connectivity index (χ1v) is 15.5. The van der Waals surface area contributed by atoms with Crippen molar-refractivity contribution in [1.29, 1.82) is 0 Å². The summed E-state index contributed by atoms with van der Waals surface area (Å²) in [6.45, 7) is 2.44. The maximum atomic E-state index is 14.0. The first-order valence-electron chi connectivity index (χ1n) is 14.6. The molecule has 4 aliphatic heterocycles. The molecular weight excluding hydrogens is 594 g/mol. The number of hydrogen-bond donors (Lipinski definition) is 1. The molecule has 0 spiro atoms. The number of nitro groups is 1. The number of thioether (sulfide) groups is 1. The molecule has 15 heteroatoms.